The summed E-state index contributed by atoms with van der Waals surface area (Å²) >= 11 is 0. The first kappa shape index (κ1) is 8.93. The highest BCUT2D eigenvalue weighted by Gasteiger charge is 2.28. The molecule has 0 radical (unpaired) electrons. The van der Waals surface area contributed by atoms with Gasteiger partial charge in [0, 0.05) is 19.2 Å². The lowest BCUT2D eigenvalue weighted by atomic mass is 10.3. The Morgan fingerprint density at radius 1 is 1.64 bits per heavy atom. The highest BCUT2D eigenvalue weighted by Crippen LogP contribution is 2.37. The molecule has 2 rings (SSSR count). The molecular formula is C9H10N2O3. The van der Waals surface area contributed by atoms with Crippen molar-refractivity contribution < 1.29 is 9.90 Å². The minimum Gasteiger partial charge on any atom is -0.477 e. The van der Waals surface area contributed by atoms with Crippen LogP contribution in [0.4, 0.5) is 0 Å². The summed E-state index contributed by atoms with van der Waals surface area (Å²) in [6, 6.07) is 0. The summed E-state index contributed by atoms with van der Waals surface area (Å²) < 4.78 is 1.33. The van der Waals surface area contributed by atoms with Gasteiger partial charge in [0.2, 0.25) is 0 Å². The van der Waals surface area contributed by atoms with Crippen LogP contribution in [0.1, 0.15) is 34.9 Å². The molecule has 0 saturated heterocycles. The number of carboxylic acids is 1. The molecule has 5 heteroatoms. The second kappa shape index (κ2) is 2.94. The molecule has 0 unspecified atom stereocenters. The Hall–Kier alpha value is -1.65. The van der Waals surface area contributed by atoms with Crippen molar-refractivity contribution in [1.82, 2.24) is 9.55 Å². The molecule has 1 N–H and O–H groups in total. The maximum atomic E-state index is 11.5. The van der Waals surface area contributed by atoms with Gasteiger partial charge in [-0.1, -0.05) is 0 Å². The molecule has 0 atom stereocenters. The van der Waals surface area contributed by atoms with Crippen molar-refractivity contribution in [2.45, 2.75) is 18.8 Å². The quantitative estimate of drug-likeness (QED) is 0.737. The van der Waals surface area contributed by atoms with Gasteiger partial charge in [-0.15, -0.1) is 0 Å². The second-order valence-corrected chi connectivity index (χ2v) is 3.47. The molecule has 0 spiro atoms. The average Bonchev–Trinajstić information content (AvgIpc) is 2.92. The lowest BCUT2D eigenvalue weighted by molar-refractivity contribution is 0.0693. The minimum atomic E-state index is -1.22. The highest BCUT2D eigenvalue weighted by atomic mass is 16.4. The summed E-state index contributed by atoms with van der Waals surface area (Å²) in [5, 5.41) is 8.68. The second-order valence-electron chi connectivity index (χ2n) is 3.47. The van der Waals surface area contributed by atoms with Gasteiger partial charge in [-0.3, -0.25) is 9.36 Å². The Morgan fingerprint density at radius 3 is 2.79 bits per heavy atom. The molecule has 1 saturated carbocycles. The van der Waals surface area contributed by atoms with Crippen LogP contribution in [-0.2, 0) is 7.05 Å². The molecule has 14 heavy (non-hydrogen) atoms. The average molecular weight is 194 g/mol. The molecule has 0 amide bonds. The molecule has 74 valence electrons. The minimum absolute atomic E-state index is 0.267. The molecule has 0 aromatic carbocycles. The van der Waals surface area contributed by atoms with Crippen LogP contribution in [0, 0.1) is 0 Å². The van der Waals surface area contributed by atoms with Gasteiger partial charge in [-0.25, -0.2) is 9.78 Å². The van der Waals surface area contributed by atoms with Crippen LogP contribution in [0.15, 0.2) is 11.0 Å². The van der Waals surface area contributed by atoms with Gasteiger partial charge in [0.25, 0.3) is 5.56 Å². The summed E-state index contributed by atoms with van der Waals surface area (Å²) in [5.74, 6) is -0.184. The summed E-state index contributed by atoms with van der Waals surface area (Å²) in [6.07, 6.45) is 3.22. The molecule has 5 nitrogen and oxygen atoms in total. The fraction of sp³-hybridized carbons (Fsp3) is 0.444. The zero-order valence-corrected chi connectivity index (χ0v) is 7.73. The van der Waals surface area contributed by atoms with E-state index < -0.39 is 11.5 Å². The van der Waals surface area contributed by atoms with Crippen LogP contribution in [0.25, 0.3) is 0 Å². The molecule has 0 bridgehead atoms. The third kappa shape index (κ3) is 1.30. The number of hydrogen-bond acceptors (Lipinski definition) is 3. The SMILES string of the molecule is Cn1c(C2CC2)ncc(C(=O)O)c1=O. The molecule has 0 aliphatic heterocycles. The zero-order chi connectivity index (χ0) is 10.3. The number of carbonyl (C=O) groups is 1. The highest BCUT2D eigenvalue weighted by molar-refractivity contribution is 5.86. The van der Waals surface area contributed by atoms with E-state index in [4.69, 9.17) is 5.11 Å². The van der Waals surface area contributed by atoms with Crippen LogP contribution < -0.4 is 5.56 Å². The van der Waals surface area contributed by atoms with Gasteiger partial charge in [-0.05, 0) is 12.8 Å². The van der Waals surface area contributed by atoms with Gasteiger partial charge in [-0.2, -0.15) is 0 Å². The van der Waals surface area contributed by atoms with Gasteiger partial charge in [0.15, 0.2) is 0 Å². The first-order chi connectivity index (χ1) is 6.61. The van der Waals surface area contributed by atoms with E-state index in [-0.39, 0.29) is 5.56 Å². The van der Waals surface area contributed by atoms with Crippen molar-refractivity contribution in [3.63, 3.8) is 0 Å². The summed E-state index contributed by atoms with van der Waals surface area (Å²) in [7, 11) is 1.56. The molecule has 1 heterocycles. The summed E-state index contributed by atoms with van der Waals surface area (Å²) in [5.41, 5.74) is -0.744. The van der Waals surface area contributed by atoms with E-state index in [0.29, 0.717) is 11.7 Å². The zero-order valence-electron chi connectivity index (χ0n) is 7.73. The predicted octanol–water partition coefficient (Wildman–Crippen LogP) is 0.356. The van der Waals surface area contributed by atoms with E-state index in [0.717, 1.165) is 19.0 Å². The Morgan fingerprint density at radius 2 is 2.29 bits per heavy atom. The van der Waals surface area contributed by atoms with Gasteiger partial charge >= 0.3 is 5.97 Å². The van der Waals surface area contributed by atoms with Crippen molar-refractivity contribution in [2.75, 3.05) is 0 Å². The topological polar surface area (TPSA) is 72.2 Å². The Labute approximate surface area is 80.0 Å². The Kier molecular flexibility index (Phi) is 1.87. The van der Waals surface area contributed by atoms with Crippen molar-refractivity contribution in [3.8, 4) is 0 Å². The number of carboxylic acid groups (broad SMARTS) is 1. The van der Waals surface area contributed by atoms with E-state index in [2.05, 4.69) is 4.98 Å². The van der Waals surface area contributed by atoms with Gasteiger partial charge < -0.3 is 5.11 Å². The molecular weight excluding hydrogens is 184 g/mol. The fourth-order valence-corrected chi connectivity index (χ4v) is 1.42. The summed E-state index contributed by atoms with van der Waals surface area (Å²) in [4.78, 5) is 26.1. The maximum Gasteiger partial charge on any atom is 0.342 e. The van der Waals surface area contributed by atoms with E-state index >= 15 is 0 Å². The largest absolute Gasteiger partial charge is 0.477 e. The third-order valence-electron chi connectivity index (χ3n) is 2.38. The van der Waals surface area contributed by atoms with Gasteiger partial charge in [0.1, 0.15) is 11.4 Å². The number of aromatic nitrogens is 2. The third-order valence-corrected chi connectivity index (χ3v) is 2.38. The van der Waals surface area contributed by atoms with E-state index in [1.54, 1.807) is 7.05 Å². The molecule has 1 aliphatic rings. The normalized spacial score (nSPS) is 15.5. The first-order valence-electron chi connectivity index (χ1n) is 4.40. The predicted molar refractivity (Wildman–Crippen MR) is 48.4 cm³/mol. The standard InChI is InChI=1S/C9H10N2O3/c1-11-7(5-2-3-5)10-4-6(8(11)12)9(13)14/h4-5H,2-3H2,1H3,(H,13,14). The number of hydrogen-bond donors (Lipinski definition) is 1. The maximum absolute atomic E-state index is 11.5. The van der Waals surface area contributed by atoms with Crippen LogP contribution >= 0.6 is 0 Å². The lowest BCUT2D eigenvalue weighted by Crippen LogP contribution is -2.27. The first-order valence-corrected chi connectivity index (χ1v) is 4.40. The van der Waals surface area contributed by atoms with Crippen LogP contribution in [-0.4, -0.2) is 20.6 Å². The number of rotatable bonds is 2. The Bertz CT molecular complexity index is 446. The van der Waals surface area contributed by atoms with Crippen molar-refractivity contribution >= 4 is 5.97 Å². The molecule has 1 fully saturated rings. The Balaban J connectivity index is 2.56. The number of nitrogens with zero attached hydrogens (tertiary/aromatic N) is 2. The van der Waals surface area contributed by atoms with Crippen molar-refractivity contribution in [2.24, 2.45) is 7.05 Å². The van der Waals surface area contributed by atoms with Crippen LogP contribution in [0.5, 0.6) is 0 Å². The number of aromatic carboxylic acids is 1. The van der Waals surface area contributed by atoms with Crippen molar-refractivity contribution in [3.05, 3.63) is 27.9 Å². The molecule has 1 aliphatic carbocycles. The lowest BCUT2D eigenvalue weighted by Gasteiger charge is -2.05. The summed E-state index contributed by atoms with van der Waals surface area (Å²) in [6.45, 7) is 0. The van der Waals surface area contributed by atoms with E-state index in [1.165, 1.54) is 4.57 Å². The molecule has 1 aromatic rings. The monoisotopic (exact) mass is 194 g/mol. The van der Waals surface area contributed by atoms with Gasteiger partial charge in [0.05, 0.1) is 0 Å². The molecule has 1 aromatic heterocycles. The van der Waals surface area contributed by atoms with Crippen LogP contribution in [0.2, 0.25) is 0 Å². The van der Waals surface area contributed by atoms with Crippen molar-refractivity contribution in [1.29, 1.82) is 0 Å². The van der Waals surface area contributed by atoms with Crippen LogP contribution in [0.3, 0.4) is 0 Å². The smallest absolute Gasteiger partial charge is 0.342 e. The fourth-order valence-electron chi connectivity index (χ4n) is 1.42. The van der Waals surface area contributed by atoms with E-state index in [1.807, 2.05) is 0 Å². The van der Waals surface area contributed by atoms with E-state index in [9.17, 15) is 9.59 Å².